The lowest BCUT2D eigenvalue weighted by Crippen LogP contribution is -2.12. The highest BCUT2D eigenvalue weighted by atomic mass is 32.1. The number of aromatic nitrogens is 2. The molecule has 0 aromatic carbocycles. The standard InChI is InChI=1S/C4H7N3OS/c1-2-7-4(8)9-3(5)6-7/h2H2,1H3,(H2,5,6). The summed E-state index contributed by atoms with van der Waals surface area (Å²) >= 11 is 0.968. The Kier molecular flexibility index (Phi) is 1.52. The molecule has 0 saturated carbocycles. The number of rotatable bonds is 1. The number of nitrogens with zero attached hydrogens (tertiary/aromatic N) is 2. The third kappa shape index (κ3) is 1.10. The first-order chi connectivity index (χ1) is 4.24. The van der Waals surface area contributed by atoms with Crippen LogP contribution in [0.4, 0.5) is 5.13 Å². The van der Waals surface area contributed by atoms with Gasteiger partial charge in [-0.2, -0.15) is 0 Å². The van der Waals surface area contributed by atoms with Crippen LogP contribution in [-0.4, -0.2) is 9.78 Å². The Hall–Kier alpha value is -0.840. The summed E-state index contributed by atoms with van der Waals surface area (Å²) in [5.74, 6) is 0. The molecule has 0 bridgehead atoms. The number of hydrogen-bond acceptors (Lipinski definition) is 4. The van der Waals surface area contributed by atoms with Gasteiger partial charge in [0.25, 0.3) is 0 Å². The van der Waals surface area contributed by atoms with Crippen LogP contribution in [0.5, 0.6) is 0 Å². The van der Waals surface area contributed by atoms with E-state index in [-0.39, 0.29) is 4.87 Å². The molecule has 0 aliphatic rings. The van der Waals surface area contributed by atoms with E-state index in [4.69, 9.17) is 5.73 Å². The van der Waals surface area contributed by atoms with E-state index >= 15 is 0 Å². The fourth-order valence-electron chi connectivity index (χ4n) is 0.522. The van der Waals surface area contributed by atoms with E-state index < -0.39 is 0 Å². The van der Waals surface area contributed by atoms with Gasteiger partial charge in [-0.05, 0) is 18.3 Å². The first kappa shape index (κ1) is 6.28. The quantitative estimate of drug-likeness (QED) is 0.600. The maximum atomic E-state index is 10.7. The van der Waals surface area contributed by atoms with E-state index in [1.54, 1.807) is 0 Å². The molecule has 5 heteroatoms. The second-order valence-corrected chi connectivity index (χ2v) is 2.49. The second-order valence-electron chi connectivity index (χ2n) is 1.52. The van der Waals surface area contributed by atoms with Crippen LogP contribution in [0.1, 0.15) is 6.92 Å². The highest BCUT2D eigenvalue weighted by Crippen LogP contribution is 1.97. The van der Waals surface area contributed by atoms with Crippen molar-refractivity contribution in [1.82, 2.24) is 9.78 Å². The van der Waals surface area contributed by atoms with Gasteiger partial charge in [-0.1, -0.05) is 0 Å². The lowest BCUT2D eigenvalue weighted by Gasteiger charge is -1.86. The van der Waals surface area contributed by atoms with Gasteiger partial charge in [-0.3, -0.25) is 4.79 Å². The summed E-state index contributed by atoms with van der Waals surface area (Å²) in [5.41, 5.74) is 5.24. The van der Waals surface area contributed by atoms with E-state index in [2.05, 4.69) is 5.10 Å². The number of hydrogen-bond donors (Lipinski definition) is 1. The summed E-state index contributed by atoms with van der Waals surface area (Å²) in [7, 11) is 0. The highest BCUT2D eigenvalue weighted by molar-refractivity contribution is 7.12. The SMILES string of the molecule is CCn1nc(N)sc1=O. The Morgan fingerprint density at radius 1 is 1.89 bits per heavy atom. The summed E-state index contributed by atoms with van der Waals surface area (Å²) in [6.07, 6.45) is 0. The van der Waals surface area contributed by atoms with Crippen molar-refractivity contribution in [2.24, 2.45) is 0 Å². The monoisotopic (exact) mass is 145 g/mol. The van der Waals surface area contributed by atoms with E-state index in [0.29, 0.717) is 11.7 Å². The van der Waals surface area contributed by atoms with E-state index in [1.165, 1.54) is 4.68 Å². The molecule has 0 amide bonds. The van der Waals surface area contributed by atoms with Crippen molar-refractivity contribution >= 4 is 16.5 Å². The molecule has 4 nitrogen and oxygen atoms in total. The Balaban J connectivity index is 3.16. The van der Waals surface area contributed by atoms with E-state index in [0.717, 1.165) is 11.3 Å². The molecule has 9 heavy (non-hydrogen) atoms. The van der Waals surface area contributed by atoms with Gasteiger partial charge < -0.3 is 5.73 Å². The summed E-state index contributed by atoms with van der Waals surface area (Å²) < 4.78 is 1.33. The van der Waals surface area contributed by atoms with E-state index in [1.807, 2.05) is 6.92 Å². The Bertz CT molecular complexity index is 251. The Morgan fingerprint density at radius 3 is 2.78 bits per heavy atom. The van der Waals surface area contributed by atoms with Crippen LogP contribution in [0, 0.1) is 0 Å². The summed E-state index contributed by atoms with van der Waals surface area (Å²) in [4.78, 5) is 10.6. The van der Waals surface area contributed by atoms with Crippen LogP contribution >= 0.6 is 11.3 Å². The molecule has 0 atom stereocenters. The van der Waals surface area contributed by atoms with Gasteiger partial charge in [0.05, 0.1) is 0 Å². The summed E-state index contributed by atoms with van der Waals surface area (Å²) in [6.45, 7) is 2.44. The molecule has 2 N–H and O–H groups in total. The summed E-state index contributed by atoms with van der Waals surface area (Å²) in [5, 5.41) is 4.06. The van der Waals surface area contributed by atoms with Gasteiger partial charge in [-0.25, -0.2) is 4.68 Å². The predicted octanol–water partition coefficient (Wildman–Crippen LogP) is -0.0931. The number of aryl methyl sites for hydroxylation is 1. The van der Waals surface area contributed by atoms with Crippen molar-refractivity contribution in [2.75, 3.05) is 5.73 Å². The zero-order valence-electron chi connectivity index (χ0n) is 5.00. The molecule has 0 aliphatic carbocycles. The predicted molar refractivity (Wildman–Crippen MR) is 36.5 cm³/mol. The van der Waals surface area contributed by atoms with Crippen LogP contribution in [0.3, 0.4) is 0 Å². The van der Waals surface area contributed by atoms with E-state index in [9.17, 15) is 4.79 Å². The largest absolute Gasteiger partial charge is 0.374 e. The van der Waals surface area contributed by atoms with Crippen LogP contribution in [0.2, 0.25) is 0 Å². The van der Waals surface area contributed by atoms with Crippen molar-refractivity contribution in [1.29, 1.82) is 0 Å². The molecule has 1 rings (SSSR count). The van der Waals surface area contributed by atoms with Crippen LogP contribution in [-0.2, 0) is 6.54 Å². The lowest BCUT2D eigenvalue weighted by molar-refractivity contribution is 0.644. The molecule has 0 saturated heterocycles. The van der Waals surface area contributed by atoms with Gasteiger partial charge in [0, 0.05) is 6.54 Å². The fourth-order valence-corrected chi connectivity index (χ4v) is 1.12. The maximum absolute atomic E-state index is 10.7. The normalized spacial score (nSPS) is 9.89. The van der Waals surface area contributed by atoms with Crippen molar-refractivity contribution in [3.63, 3.8) is 0 Å². The minimum absolute atomic E-state index is 0.0880. The third-order valence-electron chi connectivity index (χ3n) is 0.921. The minimum atomic E-state index is -0.0880. The van der Waals surface area contributed by atoms with Gasteiger partial charge in [0.1, 0.15) is 0 Å². The molecule has 50 valence electrons. The zero-order chi connectivity index (χ0) is 6.85. The first-order valence-electron chi connectivity index (χ1n) is 2.57. The lowest BCUT2D eigenvalue weighted by atomic mass is 10.8. The number of nitrogens with two attached hydrogens (primary N) is 1. The van der Waals surface area contributed by atoms with Gasteiger partial charge in [-0.15, -0.1) is 5.10 Å². The zero-order valence-corrected chi connectivity index (χ0v) is 5.81. The smallest absolute Gasteiger partial charge is 0.326 e. The molecular formula is C4H7N3OS. The fraction of sp³-hybridized carbons (Fsp3) is 0.500. The van der Waals surface area contributed by atoms with Crippen LogP contribution in [0.25, 0.3) is 0 Å². The molecule has 0 aliphatic heterocycles. The second kappa shape index (κ2) is 2.18. The van der Waals surface area contributed by atoms with Crippen LogP contribution < -0.4 is 10.6 Å². The maximum Gasteiger partial charge on any atom is 0.326 e. The summed E-state index contributed by atoms with van der Waals surface area (Å²) in [6, 6.07) is 0. The number of anilines is 1. The minimum Gasteiger partial charge on any atom is -0.374 e. The average Bonchev–Trinajstić information content (AvgIpc) is 2.10. The Morgan fingerprint density at radius 2 is 2.56 bits per heavy atom. The molecule has 1 aromatic heterocycles. The van der Waals surface area contributed by atoms with Crippen molar-refractivity contribution in [3.8, 4) is 0 Å². The first-order valence-corrected chi connectivity index (χ1v) is 3.39. The Labute approximate surface area is 55.9 Å². The molecule has 1 heterocycles. The van der Waals surface area contributed by atoms with Crippen molar-refractivity contribution in [2.45, 2.75) is 13.5 Å². The molecule has 0 spiro atoms. The van der Waals surface area contributed by atoms with Crippen molar-refractivity contribution < 1.29 is 0 Å². The topological polar surface area (TPSA) is 60.9 Å². The van der Waals surface area contributed by atoms with Crippen LogP contribution in [0.15, 0.2) is 4.79 Å². The van der Waals surface area contributed by atoms with Gasteiger partial charge >= 0.3 is 4.87 Å². The van der Waals surface area contributed by atoms with Gasteiger partial charge in [0.2, 0.25) is 5.13 Å². The van der Waals surface area contributed by atoms with Crippen molar-refractivity contribution in [3.05, 3.63) is 9.67 Å². The number of nitrogen functional groups attached to an aromatic ring is 1. The molecular weight excluding hydrogens is 138 g/mol. The third-order valence-corrected chi connectivity index (χ3v) is 1.60. The molecule has 1 aromatic rings. The average molecular weight is 145 g/mol. The molecule has 0 unspecified atom stereocenters. The van der Waals surface area contributed by atoms with Gasteiger partial charge in [0.15, 0.2) is 0 Å². The molecule has 0 fully saturated rings. The highest BCUT2D eigenvalue weighted by Gasteiger charge is 1.97. The molecule has 0 radical (unpaired) electrons.